The number of aromatic nitrogens is 3. The fourth-order valence-electron chi connectivity index (χ4n) is 2.23. The predicted molar refractivity (Wildman–Crippen MR) is 93.9 cm³/mol. The quantitative estimate of drug-likeness (QED) is 0.691. The fraction of sp³-hybridized carbons (Fsp3) is 0.529. The minimum absolute atomic E-state index is 0.195. The van der Waals surface area contributed by atoms with Gasteiger partial charge in [-0.3, -0.25) is 15.1 Å². The van der Waals surface area contributed by atoms with E-state index in [4.69, 9.17) is 0 Å². The molecular weight excluding hydrogens is 308 g/mol. The number of anilines is 1. The Kier molecular flexibility index (Phi) is 7.13. The number of hydrogen-bond donors (Lipinski definition) is 1. The van der Waals surface area contributed by atoms with Gasteiger partial charge in [-0.15, -0.1) is 10.2 Å². The molecule has 23 heavy (non-hydrogen) atoms. The van der Waals surface area contributed by atoms with Crippen LogP contribution in [0.3, 0.4) is 0 Å². The van der Waals surface area contributed by atoms with Crippen LogP contribution in [0.4, 0.5) is 5.13 Å². The normalized spacial score (nSPS) is 10.7. The van der Waals surface area contributed by atoms with E-state index in [0.29, 0.717) is 10.7 Å². The summed E-state index contributed by atoms with van der Waals surface area (Å²) in [6.07, 6.45) is 10.1. The molecule has 0 saturated heterocycles. The molecule has 2 heterocycles. The monoisotopic (exact) mass is 332 g/mol. The van der Waals surface area contributed by atoms with Crippen molar-refractivity contribution in [3.8, 4) is 0 Å². The van der Waals surface area contributed by atoms with Crippen LogP contribution in [-0.2, 0) is 6.42 Å². The van der Waals surface area contributed by atoms with Crippen LogP contribution in [0.25, 0.3) is 0 Å². The minimum Gasteiger partial charge on any atom is -0.296 e. The number of pyridine rings is 1. The molecule has 0 bridgehead atoms. The van der Waals surface area contributed by atoms with Crippen LogP contribution < -0.4 is 5.32 Å². The summed E-state index contributed by atoms with van der Waals surface area (Å²) in [6, 6.07) is 3.58. The lowest BCUT2D eigenvalue weighted by Gasteiger charge is -2.00. The first-order valence-corrected chi connectivity index (χ1v) is 9.07. The van der Waals surface area contributed by atoms with E-state index in [9.17, 15) is 4.79 Å². The average Bonchev–Trinajstić information content (AvgIpc) is 2.98. The number of carbonyl (C=O) groups is 1. The maximum Gasteiger partial charge on any atom is 0.259 e. The van der Waals surface area contributed by atoms with Gasteiger partial charge in [0.1, 0.15) is 5.01 Å². The zero-order chi connectivity index (χ0) is 16.5. The van der Waals surface area contributed by atoms with Gasteiger partial charge in [-0.05, 0) is 25.5 Å². The van der Waals surface area contributed by atoms with Crippen molar-refractivity contribution in [2.24, 2.45) is 0 Å². The van der Waals surface area contributed by atoms with Crippen molar-refractivity contribution in [3.05, 3.63) is 34.6 Å². The lowest BCUT2D eigenvalue weighted by atomic mass is 10.1. The zero-order valence-corrected chi connectivity index (χ0v) is 14.7. The van der Waals surface area contributed by atoms with Gasteiger partial charge in [0.25, 0.3) is 5.91 Å². The lowest BCUT2D eigenvalue weighted by molar-refractivity contribution is 0.102. The second-order valence-electron chi connectivity index (χ2n) is 5.66. The smallest absolute Gasteiger partial charge is 0.259 e. The molecule has 1 N–H and O–H groups in total. The Morgan fingerprint density at radius 3 is 2.65 bits per heavy atom. The molecule has 6 heteroatoms. The number of hydrogen-bond acceptors (Lipinski definition) is 5. The second-order valence-corrected chi connectivity index (χ2v) is 6.72. The van der Waals surface area contributed by atoms with Gasteiger partial charge in [-0.1, -0.05) is 50.4 Å². The largest absolute Gasteiger partial charge is 0.296 e. The summed E-state index contributed by atoms with van der Waals surface area (Å²) in [4.78, 5) is 16.2. The first-order valence-electron chi connectivity index (χ1n) is 8.25. The SMILES string of the molecule is CCCCCCCCc1nnc(NC(=O)c2ccc(C)nc2)s1. The van der Waals surface area contributed by atoms with Crippen molar-refractivity contribution < 1.29 is 4.79 Å². The fourth-order valence-corrected chi connectivity index (χ4v) is 3.01. The predicted octanol–water partition coefficient (Wildman–Crippen LogP) is 4.40. The van der Waals surface area contributed by atoms with Crippen molar-refractivity contribution in [1.29, 1.82) is 0 Å². The Hall–Kier alpha value is -1.82. The Balaban J connectivity index is 1.76. The highest BCUT2D eigenvalue weighted by Crippen LogP contribution is 2.18. The van der Waals surface area contributed by atoms with Crippen LogP contribution >= 0.6 is 11.3 Å². The van der Waals surface area contributed by atoms with E-state index in [2.05, 4.69) is 27.4 Å². The maximum atomic E-state index is 12.1. The number of nitrogens with one attached hydrogen (secondary N) is 1. The molecule has 0 spiro atoms. The number of unbranched alkanes of at least 4 members (excludes halogenated alkanes) is 5. The molecule has 5 nitrogen and oxygen atoms in total. The van der Waals surface area contributed by atoms with Crippen molar-refractivity contribution >= 4 is 22.4 Å². The van der Waals surface area contributed by atoms with E-state index < -0.39 is 0 Å². The van der Waals surface area contributed by atoms with Crippen LogP contribution in [0.15, 0.2) is 18.3 Å². The van der Waals surface area contributed by atoms with Gasteiger partial charge >= 0.3 is 0 Å². The number of amides is 1. The maximum absolute atomic E-state index is 12.1. The second kappa shape index (κ2) is 9.35. The molecule has 0 aliphatic heterocycles. The van der Waals surface area contributed by atoms with E-state index in [1.165, 1.54) is 43.4 Å². The van der Waals surface area contributed by atoms with E-state index in [0.717, 1.165) is 23.5 Å². The summed E-state index contributed by atoms with van der Waals surface area (Å²) in [6.45, 7) is 4.12. The minimum atomic E-state index is -0.195. The molecular formula is C17H24N4OS. The molecule has 0 saturated carbocycles. The van der Waals surface area contributed by atoms with Gasteiger partial charge < -0.3 is 0 Å². The third-order valence-corrected chi connectivity index (χ3v) is 4.50. The molecule has 0 fully saturated rings. The molecule has 2 aromatic heterocycles. The van der Waals surface area contributed by atoms with Crippen molar-refractivity contribution in [3.63, 3.8) is 0 Å². The summed E-state index contributed by atoms with van der Waals surface area (Å²) in [7, 11) is 0. The molecule has 124 valence electrons. The van der Waals surface area contributed by atoms with Crippen LogP contribution in [0.2, 0.25) is 0 Å². The highest BCUT2D eigenvalue weighted by Gasteiger charge is 2.10. The molecule has 1 amide bonds. The zero-order valence-electron chi connectivity index (χ0n) is 13.8. The van der Waals surface area contributed by atoms with Gasteiger partial charge in [0.05, 0.1) is 5.56 Å². The Morgan fingerprint density at radius 1 is 1.13 bits per heavy atom. The van der Waals surface area contributed by atoms with Crippen molar-refractivity contribution in [2.75, 3.05) is 5.32 Å². The summed E-state index contributed by atoms with van der Waals surface area (Å²) in [5, 5.41) is 12.5. The van der Waals surface area contributed by atoms with Crippen molar-refractivity contribution in [1.82, 2.24) is 15.2 Å². The number of rotatable bonds is 9. The highest BCUT2D eigenvalue weighted by atomic mass is 32.1. The molecule has 0 aromatic carbocycles. The Bertz CT molecular complexity index is 609. The van der Waals surface area contributed by atoms with E-state index in [1.54, 1.807) is 12.3 Å². The molecule has 0 unspecified atom stereocenters. The molecule has 0 aliphatic rings. The molecule has 0 aliphatic carbocycles. The Morgan fingerprint density at radius 2 is 1.91 bits per heavy atom. The molecule has 0 radical (unpaired) electrons. The molecule has 0 atom stereocenters. The van der Waals surface area contributed by atoms with Gasteiger partial charge in [0.15, 0.2) is 0 Å². The van der Waals surface area contributed by atoms with E-state index in [-0.39, 0.29) is 5.91 Å². The summed E-state index contributed by atoms with van der Waals surface area (Å²) >= 11 is 1.45. The van der Waals surface area contributed by atoms with Gasteiger partial charge in [0, 0.05) is 18.3 Å². The van der Waals surface area contributed by atoms with Crippen LogP contribution in [0.1, 0.15) is 66.5 Å². The first kappa shape index (κ1) is 17.5. The van der Waals surface area contributed by atoms with Gasteiger partial charge in [0.2, 0.25) is 5.13 Å². The third-order valence-electron chi connectivity index (χ3n) is 3.61. The number of aryl methyl sites for hydroxylation is 2. The van der Waals surface area contributed by atoms with Crippen LogP contribution in [-0.4, -0.2) is 21.1 Å². The van der Waals surface area contributed by atoms with Gasteiger partial charge in [-0.2, -0.15) is 0 Å². The number of nitrogens with zero attached hydrogens (tertiary/aromatic N) is 3. The molecule has 2 rings (SSSR count). The summed E-state index contributed by atoms with van der Waals surface area (Å²) < 4.78 is 0. The van der Waals surface area contributed by atoms with E-state index in [1.807, 2.05) is 13.0 Å². The lowest BCUT2D eigenvalue weighted by Crippen LogP contribution is -2.12. The molecule has 2 aromatic rings. The number of carbonyl (C=O) groups excluding carboxylic acids is 1. The van der Waals surface area contributed by atoms with E-state index >= 15 is 0 Å². The highest BCUT2D eigenvalue weighted by molar-refractivity contribution is 7.15. The van der Waals surface area contributed by atoms with Gasteiger partial charge in [-0.25, -0.2) is 0 Å². The first-order chi connectivity index (χ1) is 11.2. The third kappa shape index (κ3) is 6.06. The summed E-state index contributed by atoms with van der Waals surface area (Å²) in [5.74, 6) is -0.195. The van der Waals surface area contributed by atoms with Crippen LogP contribution in [0.5, 0.6) is 0 Å². The van der Waals surface area contributed by atoms with Crippen molar-refractivity contribution in [2.45, 2.75) is 58.8 Å². The standard InChI is InChI=1S/C17H24N4OS/c1-3-4-5-6-7-8-9-15-20-21-17(23-15)19-16(22)14-11-10-13(2)18-12-14/h10-12H,3-9H2,1-2H3,(H,19,21,22). The topological polar surface area (TPSA) is 67.8 Å². The van der Waals surface area contributed by atoms with Crippen LogP contribution in [0, 0.1) is 6.92 Å². The summed E-state index contributed by atoms with van der Waals surface area (Å²) in [5.41, 5.74) is 1.42. The Labute approximate surface area is 141 Å². The average molecular weight is 332 g/mol.